The molecule has 0 aliphatic rings. The van der Waals surface area contributed by atoms with E-state index in [4.69, 9.17) is 5.73 Å². The second-order valence-electron chi connectivity index (χ2n) is 3.38. The van der Waals surface area contributed by atoms with Crippen LogP contribution in [0.25, 0.3) is 11.3 Å². The lowest BCUT2D eigenvalue weighted by atomic mass is 10.1. The smallest absolute Gasteiger partial charge is 0.125 e. The average Bonchev–Trinajstić information content (AvgIpc) is 2.60. The molecule has 78 valence electrons. The highest BCUT2D eigenvalue weighted by Gasteiger charge is 2.10. The van der Waals surface area contributed by atoms with E-state index in [1.807, 2.05) is 19.1 Å². The number of aromatic hydroxyl groups is 1. The van der Waals surface area contributed by atoms with Gasteiger partial charge in [0.15, 0.2) is 0 Å². The number of nitrogens with two attached hydrogens (primary N) is 1. The third-order valence-electron chi connectivity index (χ3n) is 2.29. The monoisotopic (exact) mass is 203 g/mol. The molecule has 0 aliphatic carbocycles. The van der Waals surface area contributed by atoms with Gasteiger partial charge in [-0.15, -0.1) is 0 Å². The maximum absolute atomic E-state index is 9.69. The molecule has 1 heterocycles. The predicted molar refractivity (Wildman–Crippen MR) is 58.3 cm³/mol. The maximum atomic E-state index is 9.69. The van der Waals surface area contributed by atoms with Gasteiger partial charge in [0, 0.05) is 11.3 Å². The molecule has 1 aromatic heterocycles. The summed E-state index contributed by atoms with van der Waals surface area (Å²) in [6.45, 7) is 2.28. The molecule has 1 aromatic carbocycles. The fourth-order valence-corrected chi connectivity index (χ4v) is 1.56. The van der Waals surface area contributed by atoms with Gasteiger partial charge in [0.25, 0.3) is 0 Å². The summed E-state index contributed by atoms with van der Waals surface area (Å²) in [6, 6.07) is 7.13. The first-order valence-corrected chi connectivity index (χ1v) is 4.76. The summed E-state index contributed by atoms with van der Waals surface area (Å²) in [5, 5.41) is 9.69. The molecular formula is C11H13N3O. The molecule has 0 saturated heterocycles. The molecule has 0 saturated carbocycles. The molecular weight excluding hydrogens is 190 g/mol. The maximum Gasteiger partial charge on any atom is 0.125 e. The van der Waals surface area contributed by atoms with Crippen LogP contribution in [0.5, 0.6) is 5.75 Å². The Morgan fingerprint density at radius 1 is 1.40 bits per heavy atom. The van der Waals surface area contributed by atoms with Crippen LogP contribution in [0.15, 0.2) is 24.3 Å². The van der Waals surface area contributed by atoms with Crippen molar-refractivity contribution in [2.75, 3.05) is 0 Å². The van der Waals surface area contributed by atoms with Gasteiger partial charge in [-0.1, -0.05) is 12.1 Å². The summed E-state index contributed by atoms with van der Waals surface area (Å²) in [7, 11) is 0. The van der Waals surface area contributed by atoms with Gasteiger partial charge in [0.2, 0.25) is 0 Å². The van der Waals surface area contributed by atoms with Crippen LogP contribution in [-0.4, -0.2) is 15.1 Å². The number of phenolic OH excluding ortho intramolecular Hbond substituents is 1. The first-order valence-electron chi connectivity index (χ1n) is 4.76. The van der Waals surface area contributed by atoms with Crippen LogP contribution in [0, 0.1) is 6.92 Å². The van der Waals surface area contributed by atoms with Crippen molar-refractivity contribution in [2.45, 2.75) is 13.5 Å². The van der Waals surface area contributed by atoms with E-state index in [0.717, 1.165) is 22.8 Å². The Morgan fingerprint density at radius 2 is 2.13 bits per heavy atom. The molecule has 2 aromatic rings. The number of nitrogens with one attached hydrogen (secondary N) is 1. The first kappa shape index (κ1) is 9.73. The summed E-state index contributed by atoms with van der Waals surface area (Å²) in [5.74, 6) is 0.960. The molecule has 0 atom stereocenters. The van der Waals surface area contributed by atoms with Crippen molar-refractivity contribution in [1.82, 2.24) is 9.97 Å². The molecule has 2 rings (SSSR count). The minimum atomic E-state index is 0.232. The minimum absolute atomic E-state index is 0.232. The Kier molecular flexibility index (Phi) is 2.43. The molecule has 4 nitrogen and oxygen atoms in total. The normalized spacial score (nSPS) is 10.5. The SMILES string of the molecule is Cc1[nH]c(CN)nc1-c1ccccc1O. The number of hydrogen-bond donors (Lipinski definition) is 3. The van der Waals surface area contributed by atoms with Crippen molar-refractivity contribution in [1.29, 1.82) is 0 Å². The summed E-state index contributed by atoms with van der Waals surface area (Å²) in [4.78, 5) is 7.39. The third kappa shape index (κ3) is 1.71. The largest absolute Gasteiger partial charge is 0.507 e. The van der Waals surface area contributed by atoms with Crippen molar-refractivity contribution >= 4 is 0 Å². The van der Waals surface area contributed by atoms with E-state index < -0.39 is 0 Å². The second-order valence-corrected chi connectivity index (χ2v) is 3.38. The highest BCUT2D eigenvalue weighted by molar-refractivity contribution is 5.68. The van der Waals surface area contributed by atoms with Gasteiger partial charge in [-0.2, -0.15) is 0 Å². The highest BCUT2D eigenvalue weighted by Crippen LogP contribution is 2.29. The number of aromatic nitrogens is 2. The molecule has 4 heteroatoms. The summed E-state index contributed by atoms with van der Waals surface area (Å²) < 4.78 is 0. The van der Waals surface area contributed by atoms with Crippen LogP contribution in [0.2, 0.25) is 0 Å². The minimum Gasteiger partial charge on any atom is -0.507 e. The Morgan fingerprint density at radius 3 is 2.73 bits per heavy atom. The Balaban J connectivity index is 2.54. The zero-order valence-corrected chi connectivity index (χ0v) is 8.49. The van der Waals surface area contributed by atoms with Gasteiger partial charge in [-0.05, 0) is 19.1 Å². The van der Waals surface area contributed by atoms with Crippen LogP contribution in [0.4, 0.5) is 0 Å². The number of aromatic amines is 1. The summed E-state index contributed by atoms with van der Waals surface area (Å²) in [5.41, 5.74) is 7.89. The van der Waals surface area contributed by atoms with Crippen LogP contribution in [0.3, 0.4) is 0 Å². The fraction of sp³-hybridized carbons (Fsp3) is 0.182. The average molecular weight is 203 g/mol. The topological polar surface area (TPSA) is 74.9 Å². The number of hydrogen-bond acceptors (Lipinski definition) is 3. The van der Waals surface area contributed by atoms with E-state index in [2.05, 4.69) is 9.97 Å². The van der Waals surface area contributed by atoms with Crippen LogP contribution >= 0.6 is 0 Å². The number of H-pyrrole nitrogens is 1. The van der Waals surface area contributed by atoms with Gasteiger partial charge in [-0.25, -0.2) is 4.98 Å². The van der Waals surface area contributed by atoms with Crippen LogP contribution in [-0.2, 0) is 6.54 Å². The molecule has 0 unspecified atom stereocenters. The molecule has 15 heavy (non-hydrogen) atoms. The molecule has 0 spiro atoms. The van der Waals surface area contributed by atoms with Crippen molar-refractivity contribution in [3.8, 4) is 17.0 Å². The number of benzene rings is 1. The summed E-state index contributed by atoms with van der Waals surface area (Å²) in [6.07, 6.45) is 0. The van der Waals surface area contributed by atoms with E-state index in [1.165, 1.54) is 0 Å². The first-order chi connectivity index (χ1) is 7.22. The Bertz CT molecular complexity index is 476. The number of rotatable bonds is 2. The second kappa shape index (κ2) is 3.74. The lowest BCUT2D eigenvalue weighted by Gasteiger charge is -2.00. The number of nitrogens with zero attached hydrogens (tertiary/aromatic N) is 1. The molecule has 4 N–H and O–H groups in total. The van der Waals surface area contributed by atoms with Gasteiger partial charge in [-0.3, -0.25) is 0 Å². The highest BCUT2D eigenvalue weighted by atomic mass is 16.3. The van der Waals surface area contributed by atoms with Crippen molar-refractivity contribution in [2.24, 2.45) is 5.73 Å². The molecule has 0 radical (unpaired) electrons. The Hall–Kier alpha value is -1.81. The standard InChI is InChI=1S/C11H13N3O/c1-7-11(14-10(6-12)13-7)8-4-2-3-5-9(8)15/h2-5,15H,6,12H2,1H3,(H,13,14). The lowest BCUT2D eigenvalue weighted by molar-refractivity contribution is 0.477. The van der Waals surface area contributed by atoms with Crippen molar-refractivity contribution in [3.05, 3.63) is 35.8 Å². The predicted octanol–water partition coefficient (Wildman–Crippen LogP) is 1.55. The third-order valence-corrected chi connectivity index (χ3v) is 2.29. The quantitative estimate of drug-likeness (QED) is 0.693. The van der Waals surface area contributed by atoms with Gasteiger partial charge in [0.1, 0.15) is 11.6 Å². The van der Waals surface area contributed by atoms with Gasteiger partial charge >= 0.3 is 0 Å². The van der Waals surface area contributed by atoms with Crippen LogP contribution < -0.4 is 5.73 Å². The van der Waals surface area contributed by atoms with E-state index >= 15 is 0 Å². The van der Waals surface area contributed by atoms with E-state index in [0.29, 0.717) is 6.54 Å². The molecule has 0 fully saturated rings. The van der Waals surface area contributed by atoms with Gasteiger partial charge < -0.3 is 15.8 Å². The zero-order chi connectivity index (χ0) is 10.8. The van der Waals surface area contributed by atoms with Gasteiger partial charge in [0.05, 0.1) is 12.2 Å². The molecule has 0 aliphatic heterocycles. The molecule has 0 amide bonds. The zero-order valence-electron chi connectivity index (χ0n) is 8.49. The number of para-hydroxylation sites is 1. The number of phenols is 1. The van der Waals surface area contributed by atoms with Crippen molar-refractivity contribution < 1.29 is 5.11 Å². The molecule has 0 bridgehead atoms. The Labute approximate surface area is 87.8 Å². The van der Waals surface area contributed by atoms with E-state index in [1.54, 1.807) is 12.1 Å². The van der Waals surface area contributed by atoms with Crippen LogP contribution in [0.1, 0.15) is 11.5 Å². The lowest BCUT2D eigenvalue weighted by Crippen LogP contribution is -1.97. The van der Waals surface area contributed by atoms with E-state index in [-0.39, 0.29) is 5.75 Å². The summed E-state index contributed by atoms with van der Waals surface area (Å²) >= 11 is 0. The van der Waals surface area contributed by atoms with Crippen molar-refractivity contribution in [3.63, 3.8) is 0 Å². The number of aryl methyl sites for hydroxylation is 1. The van der Waals surface area contributed by atoms with E-state index in [9.17, 15) is 5.11 Å². The number of imidazole rings is 1. The fourth-order valence-electron chi connectivity index (χ4n) is 1.56.